The third kappa shape index (κ3) is 3.90. The highest BCUT2D eigenvalue weighted by atomic mass is 16.4. The van der Waals surface area contributed by atoms with Crippen LogP contribution in [0.4, 0.5) is 5.69 Å². The van der Waals surface area contributed by atoms with Crippen LogP contribution < -0.4 is 4.90 Å². The van der Waals surface area contributed by atoms with E-state index in [1.165, 1.54) is 0 Å². The van der Waals surface area contributed by atoms with Crippen molar-refractivity contribution in [3.63, 3.8) is 0 Å². The Hall–Kier alpha value is -3.17. The minimum atomic E-state index is -0.0392. The molecule has 6 heteroatoms. The van der Waals surface area contributed by atoms with Crippen molar-refractivity contribution in [2.24, 2.45) is 0 Å². The number of nitrogens with zero attached hydrogens (tertiary/aromatic N) is 4. The summed E-state index contributed by atoms with van der Waals surface area (Å²) in [5.74, 6) is 0.884. The van der Waals surface area contributed by atoms with Crippen molar-refractivity contribution < 1.29 is 9.52 Å². The van der Waals surface area contributed by atoms with Crippen LogP contribution >= 0.6 is 0 Å². The molecule has 0 aliphatic heterocycles. The molecule has 1 heterocycles. The minimum absolute atomic E-state index is 0.0392. The summed E-state index contributed by atoms with van der Waals surface area (Å²) in [6, 6.07) is 18.9. The van der Waals surface area contributed by atoms with Gasteiger partial charge in [-0.3, -0.25) is 0 Å². The van der Waals surface area contributed by atoms with Gasteiger partial charge in [-0.15, -0.1) is 10.2 Å². The zero-order chi connectivity index (χ0) is 18.4. The monoisotopic (exact) mass is 348 g/mol. The molecule has 0 bridgehead atoms. The number of aliphatic hydroxyl groups excluding tert-OH is 1. The van der Waals surface area contributed by atoms with Crippen LogP contribution in [0.25, 0.3) is 11.5 Å². The van der Waals surface area contributed by atoms with Crippen molar-refractivity contribution in [3.8, 4) is 17.5 Å². The fourth-order valence-corrected chi connectivity index (χ4v) is 2.77. The smallest absolute Gasteiger partial charge is 0.247 e. The molecule has 2 aromatic carbocycles. The topological polar surface area (TPSA) is 86.2 Å². The summed E-state index contributed by atoms with van der Waals surface area (Å²) in [6.07, 6.45) is 0.794. The van der Waals surface area contributed by atoms with E-state index in [4.69, 9.17) is 9.68 Å². The fourth-order valence-electron chi connectivity index (χ4n) is 2.77. The average Bonchev–Trinajstić information content (AvgIpc) is 3.17. The first-order chi connectivity index (χ1) is 12.7. The number of anilines is 1. The van der Waals surface area contributed by atoms with Crippen molar-refractivity contribution in [3.05, 3.63) is 66.1 Å². The van der Waals surface area contributed by atoms with Crippen LogP contribution in [0, 0.1) is 11.3 Å². The molecule has 0 aliphatic carbocycles. The highest BCUT2D eigenvalue weighted by molar-refractivity contribution is 5.54. The zero-order valence-electron chi connectivity index (χ0n) is 14.5. The maximum absolute atomic E-state index is 9.73. The van der Waals surface area contributed by atoms with Crippen LogP contribution in [0.5, 0.6) is 0 Å². The number of para-hydroxylation sites is 1. The number of aliphatic hydroxyl groups is 1. The van der Waals surface area contributed by atoms with Gasteiger partial charge in [0.05, 0.1) is 30.8 Å². The largest absolute Gasteiger partial charge is 0.419 e. The van der Waals surface area contributed by atoms with E-state index in [9.17, 15) is 5.11 Å². The molecular weight excluding hydrogens is 328 g/mol. The molecule has 0 saturated heterocycles. The van der Waals surface area contributed by atoms with Gasteiger partial charge >= 0.3 is 0 Å². The first kappa shape index (κ1) is 17.6. The summed E-state index contributed by atoms with van der Waals surface area (Å²) in [4.78, 5) is 2.07. The molecule has 132 valence electrons. The van der Waals surface area contributed by atoms with E-state index >= 15 is 0 Å². The Morgan fingerprint density at radius 1 is 1.12 bits per heavy atom. The molecule has 3 aromatic rings. The number of hydrogen-bond acceptors (Lipinski definition) is 6. The Balaban J connectivity index is 1.83. The Kier molecular flexibility index (Phi) is 5.62. The molecule has 1 atom stereocenters. The first-order valence-corrected chi connectivity index (χ1v) is 8.50. The molecule has 1 unspecified atom stereocenters. The van der Waals surface area contributed by atoms with Gasteiger partial charge in [-0.25, -0.2) is 0 Å². The van der Waals surface area contributed by atoms with Gasteiger partial charge in [0.25, 0.3) is 0 Å². The lowest BCUT2D eigenvalue weighted by atomic mass is 10.1. The minimum Gasteiger partial charge on any atom is -0.419 e. The molecule has 0 saturated carbocycles. The predicted octanol–water partition coefficient (Wildman–Crippen LogP) is 3.39. The molecule has 6 nitrogen and oxygen atoms in total. The summed E-state index contributed by atoms with van der Waals surface area (Å²) >= 11 is 0. The second-order valence-corrected chi connectivity index (χ2v) is 5.90. The van der Waals surface area contributed by atoms with E-state index in [0.29, 0.717) is 23.9 Å². The molecule has 0 radical (unpaired) electrons. The van der Waals surface area contributed by atoms with E-state index < -0.39 is 0 Å². The molecule has 1 aromatic heterocycles. The molecule has 0 amide bonds. The van der Waals surface area contributed by atoms with Gasteiger partial charge in [0, 0.05) is 11.3 Å². The number of aromatic nitrogens is 2. The number of hydrogen-bond donors (Lipinski definition) is 1. The maximum atomic E-state index is 9.73. The Bertz CT molecular complexity index is 865. The van der Waals surface area contributed by atoms with E-state index in [0.717, 1.165) is 17.7 Å². The lowest BCUT2D eigenvalue weighted by molar-refractivity contribution is 0.253. The summed E-state index contributed by atoms with van der Waals surface area (Å²) in [5, 5.41) is 26.9. The number of benzene rings is 2. The first-order valence-electron chi connectivity index (χ1n) is 8.50. The summed E-state index contributed by atoms with van der Waals surface area (Å²) in [6.45, 7) is 2.49. The van der Waals surface area contributed by atoms with E-state index in [1.807, 2.05) is 37.3 Å². The number of rotatable bonds is 7. The van der Waals surface area contributed by atoms with Crippen molar-refractivity contribution in [2.45, 2.75) is 25.9 Å². The van der Waals surface area contributed by atoms with Crippen molar-refractivity contribution in [1.29, 1.82) is 5.26 Å². The summed E-state index contributed by atoms with van der Waals surface area (Å²) < 4.78 is 5.81. The third-order valence-corrected chi connectivity index (χ3v) is 4.24. The highest BCUT2D eigenvalue weighted by Gasteiger charge is 2.20. The second kappa shape index (κ2) is 8.28. The normalized spacial score (nSPS) is 11.7. The second-order valence-electron chi connectivity index (χ2n) is 5.90. The molecule has 1 N–H and O–H groups in total. The zero-order valence-corrected chi connectivity index (χ0v) is 14.5. The fraction of sp³-hybridized carbons (Fsp3) is 0.250. The quantitative estimate of drug-likeness (QED) is 0.704. The van der Waals surface area contributed by atoms with Crippen molar-refractivity contribution in [1.82, 2.24) is 10.2 Å². The Morgan fingerprint density at radius 2 is 1.85 bits per heavy atom. The lowest BCUT2D eigenvalue weighted by Crippen LogP contribution is -2.37. The van der Waals surface area contributed by atoms with Crippen LogP contribution in [0.3, 0.4) is 0 Å². The van der Waals surface area contributed by atoms with Crippen LogP contribution in [0.15, 0.2) is 59.0 Å². The van der Waals surface area contributed by atoms with Crippen molar-refractivity contribution >= 4 is 5.69 Å². The standard InChI is InChI=1S/C20H20N4O2/c1-2-17(14-25)24(18-6-4-3-5-7-18)13-19-22-23-20(26-19)16-10-8-15(12-21)9-11-16/h3-11,17,25H,2,13-14H2,1H3. The van der Waals surface area contributed by atoms with E-state index in [2.05, 4.69) is 21.2 Å². The van der Waals surface area contributed by atoms with Crippen LogP contribution in [0.2, 0.25) is 0 Å². The van der Waals surface area contributed by atoms with E-state index in [1.54, 1.807) is 24.3 Å². The van der Waals surface area contributed by atoms with Gasteiger partial charge in [-0.1, -0.05) is 25.1 Å². The molecule has 0 aliphatic rings. The average molecular weight is 348 g/mol. The van der Waals surface area contributed by atoms with Crippen LogP contribution in [-0.4, -0.2) is 28.0 Å². The predicted molar refractivity (Wildman–Crippen MR) is 98.2 cm³/mol. The van der Waals surface area contributed by atoms with Gasteiger partial charge in [0.15, 0.2) is 0 Å². The van der Waals surface area contributed by atoms with Gasteiger partial charge < -0.3 is 14.4 Å². The Morgan fingerprint density at radius 3 is 2.46 bits per heavy atom. The Labute approximate surface area is 152 Å². The van der Waals surface area contributed by atoms with Gasteiger partial charge in [0.2, 0.25) is 11.8 Å². The third-order valence-electron chi connectivity index (χ3n) is 4.24. The number of nitriles is 1. The van der Waals surface area contributed by atoms with Gasteiger partial charge in [-0.05, 0) is 42.8 Å². The van der Waals surface area contributed by atoms with Crippen LogP contribution in [0.1, 0.15) is 24.8 Å². The molecule has 3 rings (SSSR count). The molecule has 0 spiro atoms. The molecule has 26 heavy (non-hydrogen) atoms. The maximum Gasteiger partial charge on any atom is 0.247 e. The summed E-state index contributed by atoms with van der Waals surface area (Å²) in [5.41, 5.74) is 2.34. The summed E-state index contributed by atoms with van der Waals surface area (Å²) in [7, 11) is 0. The molecular formula is C20H20N4O2. The lowest BCUT2D eigenvalue weighted by Gasteiger charge is -2.30. The van der Waals surface area contributed by atoms with E-state index in [-0.39, 0.29) is 12.6 Å². The highest BCUT2D eigenvalue weighted by Crippen LogP contribution is 2.23. The molecule has 0 fully saturated rings. The van der Waals surface area contributed by atoms with Crippen molar-refractivity contribution in [2.75, 3.05) is 11.5 Å². The SMILES string of the molecule is CCC(CO)N(Cc1nnc(-c2ccc(C#N)cc2)o1)c1ccccc1. The van der Waals surface area contributed by atoms with Crippen LogP contribution in [-0.2, 0) is 6.54 Å². The van der Waals surface area contributed by atoms with Gasteiger partial charge in [-0.2, -0.15) is 5.26 Å². The van der Waals surface area contributed by atoms with Gasteiger partial charge in [0.1, 0.15) is 0 Å².